The lowest BCUT2D eigenvalue weighted by Crippen LogP contribution is -2.28. The smallest absolute Gasteiger partial charge is 0.0299 e. The average Bonchev–Trinajstić information content (AvgIpc) is 2.82. The van der Waals surface area contributed by atoms with E-state index in [1.807, 2.05) is 18.5 Å². The summed E-state index contributed by atoms with van der Waals surface area (Å²) in [5.74, 6) is 0.910. The molecule has 2 rings (SSSR count). The van der Waals surface area contributed by atoms with Crippen molar-refractivity contribution in [2.75, 3.05) is 6.54 Å². The van der Waals surface area contributed by atoms with Crippen LogP contribution in [0.3, 0.4) is 0 Å². The van der Waals surface area contributed by atoms with Crippen LogP contribution in [0.15, 0.2) is 24.5 Å². The molecule has 0 aliphatic heterocycles. The number of aromatic nitrogens is 1. The molecule has 1 aliphatic rings. The van der Waals surface area contributed by atoms with Gasteiger partial charge in [0.25, 0.3) is 0 Å². The van der Waals surface area contributed by atoms with E-state index < -0.39 is 0 Å². The molecule has 94 valence electrons. The van der Waals surface area contributed by atoms with Gasteiger partial charge >= 0.3 is 0 Å². The Morgan fingerprint density at radius 1 is 1.53 bits per heavy atom. The number of nitrogens with zero attached hydrogens (tertiary/aromatic N) is 1. The van der Waals surface area contributed by atoms with E-state index in [0.29, 0.717) is 5.41 Å². The first-order chi connectivity index (χ1) is 8.28. The summed E-state index contributed by atoms with van der Waals surface area (Å²) in [6.07, 6.45) is 11.5. The minimum atomic E-state index is 0.413. The van der Waals surface area contributed by atoms with Crippen molar-refractivity contribution in [1.29, 1.82) is 0 Å². The van der Waals surface area contributed by atoms with E-state index in [1.54, 1.807) is 0 Å². The quantitative estimate of drug-likeness (QED) is 0.847. The molecule has 1 aromatic rings. The number of nitrogens with two attached hydrogens (primary N) is 1. The Morgan fingerprint density at radius 2 is 2.41 bits per heavy atom. The van der Waals surface area contributed by atoms with E-state index in [9.17, 15) is 0 Å². The van der Waals surface area contributed by atoms with Gasteiger partial charge in [0.05, 0.1) is 0 Å². The maximum absolute atomic E-state index is 6.03. The van der Waals surface area contributed by atoms with Gasteiger partial charge in [0, 0.05) is 12.4 Å². The zero-order chi connectivity index (χ0) is 12.1. The highest BCUT2D eigenvalue weighted by atomic mass is 14.6. The van der Waals surface area contributed by atoms with Crippen molar-refractivity contribution < 1.29 is 0 Å². The maximum Gasteiger partial charge on any atom is 0.0299 e. The highest BCUT2D eigenvalue weighted by molar-refractivity contribution is 5.09. The second kappa shape index (κ2) is 5.63. The molecule has 0 aromatic carbocycles. The summed E-state index contributed by atoms with van der Waals surface area (Å²) in [5.41, 5.74) is 7.79. The molecule has 1 aromatic heterocycles. The van der Waals surface area contributed by atoms with Gasteiger partial charge in [0.15, 0.2) is 0 Å². The van der Waals surface area contributed by atoms with Crippen LogP contribution < -0.4 is 5.73 Å². The van der Waals surface area contributed by atoms with Crippen LogP contribution in [-0.4, -0.2) is 11.5 Å². The predicted octanol–water partition coefficient (Wildman–Crippen LogP) is 3.17. The summed E-state index contributed by atoms with van der Waals surface area (Å²) < 4.78 is 0. The molecular weight excluding hydrogens is 208 g/mol. The first-order valence-corrected chi connectivity index (χ1v) is 6.87. The summed E-state index contributed by atoms with van der Waals surface area (Å²) >= 11 is 0. The van der Waals surface area contributed by atoms with Gasteiger partial charge in [0.2, 0.25) is 0 Å². The molecule has 2 N–H and O–H groups in total. The van der Waals surface area contributed by atoms with E-state index in [1.165, 1.54) is 37.7 Å². The fourth-order valence-corrected chi connectivity index (χ4v) is 3.15. The standard InChI is InChI=1S/C15H24N2/c1-2-13-5-7-15(10-13,12-16)8-6-14-4-3-9-17-11-14/h3-4,9,11,13H,2,5-8,10,12,16H2,1H3. The maximum atomic E-state index is 6.03. The van der Waals surface area contributed by atoms with Gasteiger partial charge in [0.1, 0.15) is 0 Å². The topological polar surface area (TPSA) is 38.9 Å². The second-order valence-corrected chi connectivity index (χ2v) is 5.58. The lowest BCUT2D eigenvalue weighted by atomic mass is 9.80. The highest BCUT2D eigenvalue weighted by Crippen LogP contribution is 2.45. The molecule has 1 saturated carbocycles. The number of pyridine rings is 1. The third-order valence-electron chi connectivity index (χ3n) is 4.48. The zero-order valence-electron chi connectivity index (χ0n) is 10.9. The summed E-state index contributed by atoms with van der Waals surface area (Å²) in [6, 6.07) is 4.19. The molecule has 2 atom stereocenters. The van der Waals surface area contributed by atoms with Gasteiger partial charge in [-0.15, -0.1) is 0 Å². The fourth-order valence-electron chi connectivity index (χ4n) is 3.15. The lowest BCUT2D eigenvalue weighted by molar-refractivity contribution is 0.269. The SMILES string of the molecule is CCC1CCC(CN)(CCc2cccnc2)C1. The highest BCUT2D eigenvalue weighted by Gasteiger charge is 2.36. The van der Waals surface area contributed by atoms with E-state index in [2.05, 4.69) is 18.0 Å². The van der Waals surface area contributed by atoms with Crippen LogP contribution in [0.25, 0.3) is 0 Å². The number of rotatable bonds is 5. The molecule has 2 heteroatoms. The minimum absolute atomic E-state index is 0.413. The average molecular weight is 232 g/mol. The van der Waals surface area contributed by atoms with Crippen LogP contribution in [0.1, 0.15) is 44.6 Å². The Kier molecular flexibility index (Phi) is 4.16. The van der Waals surface area contributed by atoms with E-state index in [-0.39, 0.29) is 0 Å². The normalized spacial score (nSPS) is 28.5. The molecule has 1 fully saturated rings. The van der Waals surface area contributed by atoms with E-state index in [0.717, 1.165) is 18.9 Å². The largest absolute Gasteiger partial charge is 0.330 e. The van der Waals surface area contributed by atoms with E-state index >= 15 is 0 Å². The van der Waals surface area contributed by atoms with Crippen molar-refractivity contribution in [3.8, 4) is 0 Å². The molecule has 0 spiro atoms. The molecule has 0 amide bonds. The number of aryl methyl sites for hydroxylation is 1. The number of hydrogen-bond donors (Lipinski definition) is 1. The van der Waals surface area contributed by atoms with Gasteiger partial charge < -0.3 is 5.73 Å². The summed E-state index contributed by atoms with van der Waals surface area (Å²) in [7, 11) is 0. The Hall–Kier alpha value is -0.890. The molecule has 0 radical (unpaired) electrons. The van der Waals surface area contributed by atoms with E-state index in [4.69, 9.17) is 5.73 Å². The lowest BCUT2D eigenvalue weighted by Gasteiger charge is -2.27. The fraction of sp³-hybridized carbons (Fsp3) is 0.667. The van der Waals surface area contributed by atoms with Gasteiger partial charge in [-0.1, -0.05) is 19.4 Å². The molecule has 0 saturated heterocycles. The zero-order valence-corrected chi connectivity index (χ0v) is 10.9. The Morgan fingerprint density at radius 3 is 3.00 bits per heavy atom. The molecule has 1 aliphatic carbocycles. The van der Waals surface area contributed by atoms with Crippen molar-refractivity contribution in [3.05, 3.63) is 30.1 Å². The van der Waals surface area contributed by atoms with Crippen molar-refractivity contribution >= 4 is 0 Å². The molecule has 2 unspecified atom stereocenters. The van der Waals surface area contributed by atoms with Gasteiger partial charge in [-0.05, 0) is 61.6 Å². The van der Waals surface area contributed by atoms with Crippen molar-refractivity contribution in [1.82, 2.24) is 4.98 Å². The van der Waals surface area contributed by atoms with Crippen molar-refractivity contribution in [3.63, 3.8) is 0 Å². The summed E-state index contributed by atoms with van der Waals surface area (Å²) in [6.45, 7) is 3.15. The second-order valence-electron chi connectivity index (χ2n) is 5.58. The molecule has 17 heavy (non-hydrogen) atoms. The van der Waals surface area contributed by atoms with Crippen LogP contribution in [0.4, 0.5) is 0 Å². The first-order valence-electron chi connectivity index (χ1n) is 6.87. The predicted molar refractivity (Wildman–Crippen MR) is 71.7 cm³/mol. The Balaban J connectivity index is 1.92. The number of hydrogen-bond acceptors (Lipinski definition) is 2. The van der Waals surface area contributed by atoms with Crippen molar-refractivity contribution in [2.24, 2.45) is 17.1 Å². The molecule has 0 bridgehead atoms. The summed E-state index contributed by atoms with van der Waals surface area (Å²) in [4.78, 5) is 4.18. The van der Waals surface area contributed by atoms with Crippen LogP contribution in [-0.2, 0) is 6.42 Å². The van der Waals surface area contributed by atoms with Crippen LogP contribution in [0.5, 0.6) is 0 Å². The van der Waals surface area contributed by atoms with Crippen LogP contribution in [0.2, 0.25) is 0 Å². The first kappa shape index (κ1) is 12.6. The summed E-state index contributed by atoms with van der Waals surface area (Å²) in [5, 5.41) is 0. The van der Waals surface area contributed by atoms with Gasteiger partial charge in [-0.25, -0.2) is 0 Å². The third-order valence-corrected chi connectivity index (χ3v) is 4.48. The monoisotopic (exact) mass is 232 g/mol. The minimum Gasteiger partial charge on any atom is -0.330 e. The van der Waals surface area contributed by atoms with Gasteiger partial charge in [-0.2, -0.15) is 0 Å². The van der Waals surface area contributed by atoms with Crippen molar-refractivity contribution in [2.45, 2.75) is 45.4 Å². The molecule has 2 nitrogen and oxygen atoms in total. The molecular formula is C15H24N2. The molecule has 1 heterocycles. The van der Waals surface area contributed by atoms with Crippen LogP contribution >= 0.6 is 0 Å². The Bertz CT molecular complexity index is 336. The van der Waals surface area contributed by atoms with Crippen LogP contribution in [0, 0.1) is 11.3 Å². The van der Waals surface area contributed by atoms with Gasteiger partial charge in [-0.3, -0.25) is 4.98 Å². The Labute approximate surface area is 105 Å². The third kappa shape index (κ3) is 3.06.